The summed E-state index contributed by atoms with van der Waals surface area (Å²) in [7, 11) is -2.94. The van der Waals surface area contributed by atoms with E-state index in [2.05, 4.69) is 53.9 Å². The molecule has 11 heteroatoms. The van der Waals surface area contributed by atoms with Gasteiger partial charge in [-0.3, -0.25) is 10.2 Å². The highest BCUT2D eigenvalue weighted by Crippen LogP contribution is 2.24. The van der Waals surface area contributed by atoms with E-state index in [0.717, 1.165) is 69.4 Å². The Morgan fingerprint density at radius 1 is 1.12 bits per heavy atom. The van der Waals surface area contributed by atoms with Crippen molar-refractivity contribution in [3.63, 3.8) is 0 Å². The first-order valence-electron chi connectivity index (χ1n) is 13.7. The Morgan fingerprint density at radius 2 is 1.90 bits per heavy atom. The van der Waals surface area contributed by atoms with Gasteiger partial charge in [0, 0.05) is 36.3 Å². The third-order valence-corrected chi connectivity index (χ3v) is 8.57. The first-order valence-corrected chi connectivity index (χ1v) is 15.8. The van der Waals surface area contributed by atoms with Crippen molar-refractivity contribution in [2.45, 2.75) is 51.1 Å². The van der Waals surface area contributed by atoms with Crippen LogP contribution in [0.3, 0.4) is 0 Å². The van der Waals surface area contributed by atoms with E-state index < -0.39 is 9.84 Å². The number of aromatic nitrogens is 3. The van der Waals surface area contributed by atoms with Gasteiger partial charge in [0.05, 0.1) is 11.1 Å². The Morgan fingerprint density at radius 3 is 2.62 bits per heavy atom. The molecular formula is C29H35N7O3S. The van der Waals surface area contributed by atoms with Crippen molar-refractivity contribution in [1.82, 2.24) is 25.2 Å². The number of carbonyl (C=O) groups is 1. The van der Waals surface area contributed by atoms with Crippen LogP contribution >= 0.6 is 0 Å². The Kier molecular flexibility index (Phi) is 8.47. The van der Waals surface area contributed by atoms with Crippen LogP contribution < -0.4 is 16.0 Å². The maximum Gasteiger partial charge on any atom is 0.320 e. The van der Waals surface area contributed by atoms with Crippen molar-refractivity contribution >= 4 is 44.4 Å². The standard InChI is InChI=1S/C29H35N7O3S/c1-3-22-16-26(34-29(37)32-23-8-4-5-9-23)33-27-25(22)17-30-28(35-27)31-24-10-6-7-21(15-24)18-36-13-11-20(12-14-36)19-40(2,38)39/h1,6-7,10,15-17,20,23H,4-5,8-9,11-14,18-19H2,2H3,(H3,30,31,32,33,34,35,37). The summed E-state index contributed by atoms with van der Waals surface area (Å²) in [6.07, 6.45) is 14.7. The lowest BCUT2D eigenvalue weighted by Crippen LogP contribution is -2.36. The van der Waals surface area contributed by atoms with Crippen molar-refractivity contribution in [3.8, 4) is 12.3 Å². The number of sulfone groups is 1. The summed E-state index contributed by atoms with van der Waals surface area (Å²) in [6.45, 7) is 2.54. The number of benzene rings is 1. The zero-order valence-corrected chi connectivity index (χ0v) is 23.5. The van der Waals surface area contributed by atoms with Gasteiger partial charge in [-0.1, -0.05) is 30.9 Å². The quantitative estimate of drug-likeness (QED) is 0.351. The Bertz CT molecular complexity index is 1520. The number of pyridine rings is 1. The van der Waals surface area contributed by atoms with Crippen molar-refractivity contribution in [2.75, 3.05) is 35.7 Å². The maximum atomic E-state index is 12.5. The molecule has 40 heavy (non-hydrogen) atoms. The van der Waals surface area contributed by atoms with E-state index in [1.165, 1.54) is 6.26 Å². The molecule has 0 atom stereocenters. The smallest absolute Gasteiger partial charge is 0.320 e. The number of amides is 2. The monoisotopic (exact) mass is 561 g/mol. The molecule has 0 bridgehead atoms. The number of fused-ring (bicyclic) bond motifs is 1. The summed E-state index contributed by atoms with van der Waals surface area (Å²) in [5.41, 5.74) is 2.92. The van der Waals surface area contributed by atoms with Crippen molar-refractivity contribution in [2.24, 2.45) is 5.92 Å². The minimum atomic E-state index is -2.94. The molecule has 1 saturated heterocycles. The number of carbonyl (C=O) groups excluding carboxylic acids is 1. The van der Waals surface area contributed by atoms with Crippen LogP contribution in [0.5, 0.6) is 0 Å². The van der Waals surface area contributed by atoms with Crippen LogP contribution in [0.25, 0.3) is 11.0 Å². The number of hydrogen-bond donors (Lipinski definition) is 3. The molecule has 1 aliphatic heterocycles. The highest BCUT2D eigenvalue weighted by Gasteiger charge is 2.22. The lowest BCUT2D eigenvalue weighted by Gasteiger charge is -2.31. The number of rotatable bonds is 8. The minimum absolute atomic E-state index is 0.188. The molecule has 3 heterocycles. The lowest BCUT2D eigenvalue weighted by molar-refractivity contribution is 0.186. The van der Waals surface area contributed by atoms with Crippen LogP contribution in [0, 0.1) is 18.3 Å². The molecule has 5 rings (SSSR count). The predicted molar refractivity (Wildman–Crippen MR) is 157 cm³/mol. The number of piperidine rings is 1. The number of nitrogens with zero attached hydrogens (tertiary/aromatic N) is 4. The summed E-state index contributed by atoms with van der Waals surface area (Å²) < 4.78 is 23.2. The lowest BCUT2D eigenvalue weighted by atomic mass is 9.98. The van der Waals surface area contributed by atoms with E-state index in [4.69, 9.17) is 6.42 Å². The Labute approximate surface area is 235 Å². The van der Waals surface area contributed by atoms with Crippen molar-refractivity contribution in [3.05, 3.63) is 47.7 Å². The number of urea groups is 1. The van der Waals surface area contributed by atoms with Crippen LogP contribution in [0.2, 0.25) is 0 Å². The molecule has 3 aromatic rings. The highest BCUT2D eigenvalue weighted by atomic mass is 32.2. The largest absolute Gasteiger partial charge is 0.335 e. The molecule has 1 aliphatic carbocycles. The fourth-order valence-corrected chi connectivity index (χ4v) is 6.72. The molecule has 1 aromatic carbocycles. The first-order chi connectivity index (χ1) is 19.2. The van der Waals surface area contributed by atoms with Gasteiger partial charge in [0.15, 0.2) is 5.65 Å². The molecule has 0 radical (unpaired) electrons. The topological polar surface area (TPSA) is 129 Å². The van der Waals surface area contributed by atoms with E-state index in [1.807, 2.05) is 12.1 Å². The second-order valence-corrected chi connectivity index (χ2v) is 13.0. The molecular weight excluding hydrogens is 526 g/mol. The van der Waals surface area contributed by atoms with Gasteiger partial charge in [0.1, 0.15) is 15.7 Å². The van der Waals surface area contributed by atoms with Gasteiger partial charge in [-0.15, -0.1) is 6.42 Å². The van der Waals surface area contributed by atoms with E-state index in [9.17, 15) is 13.2 Å². The van der Waals surface area contributed by atoms with Crippen molar-refractivity contribution < 1.29 is 13.2 Å². The van der Waals surface area contributed by atoms with Gasteiger partial charge in [-0.2, -0.15) is 4.98 Å². The minimum Gasteiger partial charge on any atom is -0.335 e. The SMILES string of the molecule is C#Cc1cc(NC(=O)NC2CCCC2)nc2nc(Nc3cccc(CN4CCC(CS(C)(=O)=O)CC4)c3)ncc12. The summed E-state index contributed by atoms with van der Waals surface area (Å²) in [5, 5.41) is 9.66. The van der Waals surface area contributed by atoms with Crippen LogP contribution in [0.4, 0.5) is 22.2 Å². The van der Waals surface area contributed by atoms with Gasteiger partial charge in [-0.05, 0) is 68.5 Å². The summed E-state index contributed by atoms with van der Waals surface area (Å²) in [4.78, 5) is 28.4. The van der Waals surface area contributed by atoms with Crippen molar-refractivity contribution in [1.29, 1.82) is 0 Å². The zero-order valence-electron chi connectivity index (χ0n) is 22.7. The number of hydrogen-bond acceptors (Lipinski definition) is 8. The summed E-state index contributed by atoms with van der Waals surface area (Å²) >= 11 is 0. The molecule has 0 unspecified atom stereocenters. The number of terminal acetylenes is 1. The molecule has 2 aromatic heterocycles. The molecule has 3 N–H and O–H groups in total. The normalized spacial score (nSPS) is 17.0. The fraction of sp³-hybridized carbons (Fsp3) is 0.448. The molecule has 0 spiro atoms. The average Bonchev–Trinajstić information content (AvgIpc) is 3.41. The predicted octanol–water partition coefficient (Wildman–Crippen LogP) is 4.07. The van der Waals surface area contributed by atoms with Gasteiger partial charge >= 0.3 is 6.03 Å². The molecule has 1 saturated carbocycles. The molecule has 2 amide bonds. The third kappa shape index (κ3) is 7.46. The second-order valence-electron chi connectivity index (χ2n) is 10.8. The fourth-order valence-electron chi connectivity index (χ4n) is 5.53. The van der Waals surface area contributed by atoms with Gasteiger partial charge in [-0.25, -0.2) is 23.2 Å². The molecule has 10 nitrogen and oxygen atoms in total. The first kappa shape index (κ1) is 27.8. The number of anilines is 3. The van der Waals surface area contributed by atoms with Crippen LogP contribution in [0.15, 0.2) is 36.5 Å². The van der Waals surface area contributed by atoms with Gasteiger partial charge in [0.25, 0.3) is 0 Å². The molecule has 210 valence electrons. The van der Waals surface area contributed by atoms with Crippen LogP contribution in [0.1, 0.15) is 49.7 Å². The zero-order chi connectivity index (χ0) is 28.1. The summed E-state index contributed by atoms with van der Waals surface area (Å²) in [6, 6.07) is 9.60. The molecule has 2 aliphatic rings. The second kappa shape index (κ2) is 12.2. The average molecular weight is 562 g/mol. The van der Waals surface area contributed by atoms with Gasteiger partial charge < -0.3 is 10.6 Å². The highest BCUT2D eigenvalue weighted by molar-refractivity contribution is 7.90. The molecule has 2 fully saturated rings. The Balaban J connectivity index is 1.24. The number of nitrogens with one attached hydrogen (secondary N) is 3. The maximum absolute atomic E-state index is 12.5. The van der Waals surface area contributed by atoms with E-state index in [1.54, 1.807) is 12.3 Å². The van der Waals surface area contributed by atoms with Crippen LogP contribution in [-0.4, -0.2) is 65.4 Å². The van der Waals surface area contributed by atoms with E-state index in [0.29, 0.717) is 28.4 Å². The summed E-state index contributed by atoms with van der Waals surface area (Å²) in [5.74, 6) is 3.86. The number of likely N-dealkylation sites (tertiary alicyclic amines) is 1. The Hall–Kier alpha value is -3.75. The van der Waals surface area contributed by atoms with E-state index >= 15 is 0 Å². The van der Waals surface area contributed by atoms with Gasteiger partial charge in [0.2, 0.25) is 5.95 Å². The van der Waals surface area contributed by atoms with E-state index in [-0.39, 0.29) is 23.7 Å². The van der Waals surface area contributed by atoms with Crippen LogP contribution in [-0.2, 0) is 16.4 Å². The third-order valence-electron chi connectivity index (χ3n) is 7.49.